The highest BCUT2D eigenvalue weighted by Gasteiger charge is 2.34. The van der Waals surface area contributed by atoms with Crippen LogP contribution >= 0.6 is 0 Å². The van der Waals surface area contributed by atoms with Crippen LogP contribution in [0.1, 0.15) is 52.4 Å². The van der Waals surface area contributed by atoms with E-state index in [1.165, 1.54) is 32.8 Å². The van der Waals surface area contributed by atoms with E-state index in [4.69, 9.17) is 9.47 Å². The third kappa shape index (κ3) is 5.55. The molecule has 1 aromatic rings. The van der Waals surface area contributed by atoms with Crippen LogP contribution in [-0.2, 0) is 4.74 Å². The summed E-state index contributed by atoms with van der Waals surface area (Å²) in [7, 11) is 3.11. The zero-order chi connectivity index (χ0) is 19.0. The van der Waals surface area contributed by atoms with Crippen molar-refractivity contribution in [1.29, 1.82) is 0 Å². The normalized spacial score (nSPS) is 22.5. The van der Waals surface area contributed by atoms with Crippen molar-refractivity contribution < 1.29 is 19.0 Å². The van der Waals surface area contributed by atoms with Crippen molar-refractivity contribution in [2.75, 3.05) is 27.3 Å². The van der Waals surface area contributed by atoms with Crippen molar-refractivity contribution in [3.05, 3.63) is 24.3 Å². The zero-order valence-corrected chi connectivity index (χ0v) is 16.6. The number of hydrogen-bond acceptors (Lipinski definition) is 4. The van der Waals surface area contributed by atoms with Crippen LogP contribution in [0.15, 0.2) is 24.3 Å². The fourth-order valence-electron chi connectivity index (χ4n) is 3.50. The number of methoxy groups -OCH3 is 2. The average Bonchev–Trinajstić information content (AvgIpc) is 3.32. The number of rotatable bonds is 4. The maximum atomic E-state index is 11.1. The Hall–Kier alpha value is -1.91. The van der Waals surface area contributed by atoms with Gasteiger partial charge in [0.1, 0.15) is 0 Å². The zero-order valence-electron chi connectivity index (χ0n) is 16.6. The van der Waals surface area contributed by atoms with Gasteiger partial charge in [0.2, 0.25) is 0 Å². The van der Waals surface area contributed by atoms with E-state index in [0.717, 1.165) is 37.4 Å². The molecule has 1 aromatic carbocycles. The molecule has 1 amide bonds. The molecule has 0 radical (unpaired) electrons. The van der Waals surface area contributed by atoms with E-state index in [9.17, 15) is 4.79 Å². The van der Waals surface area contributed by atoms with Crippen LogP contribution < -0.4 is 9.47 Å². The van der Waals surface area contributed by atoms with Gasteiger partial charge < -0.3 is 19.1 Å². The molecule has 0 bridgehead atoms. The van der Waals surface area contributed by atoms with Crippen molar-refractivity contribution in [3.8, 4) is 11.5 Å². The van der Waals surface area contributed by atoms with Crippen molar-refractivity contribution in [2.45, 2.75) is 58.5 Å². The van der Waals surface area contributed by atoms with Gasteiger partial charge in [-0.3, -0.25) is 0 Å². The highest BCUT2D eigenvalue weighted by molar-refractivity contribution is 5.67. The van der Waals surface area contributed by atoms with Crippen LogP contribution in [0.3, 0.4) is 0 Å². The van der Waals surface area contributed by atoms with Crippen LogP contribution in [-0.4, -0.2) is 44.4 Å². The van der Waals surface area contributed by atoms with Crippen molar-refractivity contribution >= 4 is 6.09 Å². The first-order valence-electron chi connectivity index (χ1n) is 9.64. The van der Waals surface area contributed by atoms with Gasteiger partial charge in [0.05, 0.1) is 20.3 Å². The van der Waals surface area contributed by atoms with E-state index >= 15 is 0 Å². The number of carbonyl (C=O) groups is 1. The number of amides is 1. The van der Waals surface area contributed by atoms with Crippen LogP contribution in [0, 0.1) is 5.41 Å². The third-order valence-corrected chi connectivity index (χ3v) is 5.51. The molecule has 1 unspecified atom stereocenters. The lowest BCUT2D eigenvalue weighted by molar-refractivity contribution is 0.128. The van der Waals surface area contributed by atoms with Crippen LogP contribution in [0.2, 0.25) is 0 Å². The minimum absolute atomic E-state index is 0.188. The van der Waals surface area contributed by atoms with Crippen LogP contribution in [0.5, 0.6) is 11.5 Å². The van der Waals surface area contributed by atoms with Gasteiger partial charge in [-0.2, -0.15) is 0 Å². The number of benzene rings is 1. The molecule has 1 aliphatic heterocycles. The van der Waals surface area contributed by atoms with Gasteiger partial charge in [-0.1, -0.05) is 26.0 Å². The number of carbonyl (C=O) groups excluding carboxylic acids is 1. The highest BCUT2D eigenvalue weighted by Crippen LogP contribution is 2.33. The Labute approximate surface area is 157 Å². The largest absolute Gasteiger partial charge is 0.493 e. The van der Waals surface area contributed by atoms with Gasteiger partial charge in [0.15, 0.2) is 11.5 Å². The van der Waals surface area contributed by atoms with Crippen molar-refractivity contribution in [1.82, 2.24) is 4.90 Å². The first-order chi connectivity index (χ1) is 12.5. The fourth-order valence-corrected chi connectivity index (χ4v) is 3.50. The molecule has 1 saturated carbocycles. The predicted octanol–water partition coefficient (Wildman–Crippen LogP) is 4.89. The van der Waals surface area contributed by atoms with Crippen molar-refractivity contribution in [3.63, 3.8) is 0 Å². The Kier molecular flexibility index (Phi) is 7.61. The minimum Gasteiger partial charge on any atom is -0.493 e. The summed E-state index contributed by atoms with van der Waals surface area (Å²) < 4.78 is 15.8. The van der Waals surface area contributed by atoms with Crippen molar-refractivity contribution in [2.24, 2.45) is 5.41 Å². The molecule has 3 rings (SSSR count). The summed E-state index contributed by atoms with van der Waals surface area (Å²) in [6.07, 6.45) is 7.37. The summed E-state index contributed by atoms with van der Waals surface area (Å²) >= 11 is 0. The summed E-state index contributed by atoms with van der Waals surface area (Å²) in [5.74, 6) is 1.71. The average molecular weight is 363 g/mol. The molecule has 1 heterocycles. The number of hydrogen-bond donors (Lipinski definition) is 0. The molecular weight excluding hydrogens is 330 g/mol. The van der Waals surface area contributed by atoms with Gasteiger partial charge in [0, 0.05) is 13.1 Å². The maximum Gasteiger partial charge on any atom is 0.409 e. The molecule has 2 fully saturated rings. The van der Waals surface area contributed by atoms with Crippen LogP contribution in [0.25, 0.3) is 0 Å². The predicted molar refractivity (Wildman–Crippen MR) is 103 cm³/mol. The Balaban J connectivity index is 0.000000190. The standard InChI is InChI=1S/C12H16O2.C9H17NO2/c1-13-11-8-4-5-9-12(11)14-10-6-2-3-7-10;1-4-9(2)5-6-10(7-9)8(11)12-3/h4-5,8-10H,2-3,6-7H2,1H3;4-7H2,1-3H3. The lowest BCUT2D eigenvalue weighted by Gasteiger charge is -2.21. The molecule has 1 saturated heterocycles. The SMILES string of the molecule is CCC1(C)CCN(C(=O)OC)C1.COc1ccccc1OC1CCCC1. The Morgan fingerprint density at radius 1 is 1.19 bits per heavy atom. The molecular formula is C21H33NO4. The second-order valence-corrected chi connectivity index (χ2v) is 7.48. The van der Waals surface area contributed by atoms with Crippen LogP contribution in [0.4, 0.5) is 4.79 Å². The molecule has 146 valence electrons. The van der Waals surface area contributed by atoms with Gasteiger partial charge in [-0.05, 0) is 56.1 Å². The lowest BCUT2D eigenvalue weighted by Crippen LogP contribution is -2.30. The Morgan fingerprint density at radius 3 is 2.38 bits per heavy atom. The van der Waals surface area contributed by atoms with E-state index in [-0.39, 0.29) is 6.09 Å². The smallest absolute Gasteiger partial charge is 0.409 e. The third-order valence-electron chi connectivity index (χ3n) is 5.51. The van der Waals surface area contributed by atoms with E-state index < -0.39 is 0 Å². The van der Waals surface area contributed by atoms with E-state index in [1.54, 1.807) is 12.0 Å². The second-order valence-electron chi connectivity index (χ2n) is 7.48. The van der Waals surface area contributed by atoms with E-state index in [2.05, 4.69) is 18.6 Å². The molecule has 1 atom stereocenters. The Bertz CT molecular complexity index is 571. The van der Waals surface area contributed by atoms with E-state index in [1.807, 2.05) is 24.3 Å². The first kappa shape index (κ1) is 20.4. The molecule has 5 heteroatoms. The number of likely N-dealkylation sites (tertiary alicyclic amines) is 1. The summed E-state index contributed by atoms with van der Waals surface area (Å²) in [6, 6.07) is 7.84. The number of para-hydroxylation sites is 2. The quantitative estimate of drug-likeness (QED) is 0.764. The molecule has 0 spiro atoms. The Morgan fingerprint density at radius 2 is 1.85 bits per heavy atom. The molecule has 26 heavy (non-hydrogen) atoms. The monoisotopic (exact) mass is 363 g/mol. The lowest BCUT2D eigenvalue weighted by atomic mass is 9.87. The maximum absolute atomic E-state index is 11.1. The molecule has 0 N–H and O–H groups in total. The summed E-state index contributed by atoms with van der Waals surface area (Å²) in [6.45, 7) is 6.07. The summed E-state index contributed by atoms with van der Waals surface area (Å²) in [5.41, 5.74) is 0.314. The number of nitrogens with zero attached hydrogens (tertiary/aromatic N) is 1. The summed E-state index contributed by atoms with van der Waals surface area (Å²) in [5, 5.41) is 0. The summed E-state index contributed by atoms with van der Waals surface area (Å²) in [4.78, 5) is 12.9. The van der Waals surface area contributed by atoms with Gasteiger partial charge in [-0.25, -0.2) is 4.79 Å². The molecule has 1 aliphatic carbocycles. The second kappa shape index (κ2) is 9.70. The molecule has 2 aliphatic rings. The molecule has 0 aromatic heterocycles. The number of ether oxygens (including phenoxy) is 3. The molecule has 5 nitrogen and oxygen atoms in total. The van der Waals surface area contributed by atoms with Gasteiger partial charge in [0.25, 0.3) is 0 Å². The fraction of sp³-hybridized carbons (Fsp3) is 0.667. The van der Waals surface area contributed by atoms with Gasteiger partial charge >= 0.3 is 6.09 Å². The topological polar surface area (TPSA) is 48.0 Å². The first-order valence-corrected chi connectivity index (χ1v) is 9.64. The van der Waals surface area contributed by atoms with Gasteiger partial charge in [-0.15, -0.1) is 0 Å². The van der Waals surface area contributed by atoms with E-state index in [0.29, 0.717) is 11.5 Å². The minimum atomic E-state index is -0.188. The highest BCUT2D eigenvalue weighted by atomic mass is 16.5.